The third kappa shape index (κ3) is 3.51. The Kier molecular flexibility index (Phi) is 5.57. The van der Waals surface area contributed by atoms with Crippen LogP contribution < -0.4 is 5.32 Å². The molecular weight excluding hydrogens is 489 g/mol. The fourth-order valence-electron chi connectivity index (χ4n) is 7.33. The van der Waals surface area contributed by atoms with Crippen molar-refractivity contribution in [2.75, 3.05) is 19.0 Å². The van der Waals surface area contributed by atoms with E-state index < -0.39 is 5.82 Å². The molecular formula is C27H30FN7O3. The molecule has 4 aliphatic rings. The molecule has 4 fully saturated rings. The summed E-state index contributed by atoms with van der Waals surface area (Å²) in [5.41, 5.74) is 2.47. The highest BCUT2D eigenvalue weighted by molar-refractivity contribution is 5.89. The van der Waals surface area contributed by atoms with Crippen molar-refractivity contribution in [3.8, 4) is 11.5 Å². The minimum Gasteiger partial charge on any atom is -0.466 e. The number of nitrogens with one attached hydrogen (secondary N) is 2. The number of fused-ring (bicyclic) bond motifs is 4. The van der Waals surface area contributed by atoms with Crippen LogP contribution in [0.15, 0.2) is 24.4 Å². The Morgan fingerprint density at radius 2 is 1.97 bits per heavy atom. The third-order valence-electron chi connectivity index (χ3n) is 8.96. The first kappa shape index (κ1) is 23.5. The van der Waals surface area contributed by atoms with Crippen LogP contribution >= 0.6 is 0 Å². The summed E-state index contributed by atoms with van der Waals surface area (Å²) in [6.07, 6.45) is 5.72. The molecule has 4 aromatic rings. The lowest BCUT2D eigenvalue weighted by molar-refractivity contribution is -0.166. The van der Waals surface area contributed by atoms with E-state index in [0.717, 1.165) is 30.2 Å². The molecule has 4 heterocycles. The summed E-state index contributed by atoms with van der Waals surface area (Å²) in [5, 5.41) is 16.2. The molecule has 8 rings (SSSR count). The van der Waals surface area contributed by atoms with E-state index in [1.54, 1.807) is 11.6 Å². The van der Waals surface area contributed by atoms with Crippen LogP contribution in [0.3, 0.4) is 0 Å². The van der Waals surface area contributed by atoms with E-state index in [4.69, 9.17) is 19.6 Å². The number of aromatic nitrogens is 6. The number of pyridine rings is 1. The van der Waals surface area contributed by atoms with Gasteiger partial charge in [-0.3, -0.25) is 9.89 Å². The summed E-state index contributed by atoms with van der Waals surface area (Å²) in [5.74, 6) is 2.08. The molecule has 198 valence electrons. The molecule has 4 saturated carbocycles. The lowest BCUT2D eigenvalue weighted by atomic mass is 9.46. The third-order valence-corrected chi connectivity index (χ3v) is 8.96. The summed E-state index contributed by atoms with van der Waals surface area (Å²) < 4.78 is 26.9. The molecule has 0 aromatic carbocycles. The quantitative estimate of drug-likeness (QED) is 0.352. The number of ether oxygens (including phenoxy) is 2. The molecule has 0 saturated heterocycles. The van der Waals surface area contributed by atoms with Crippen molar-refractivity contribution in [2.24, 2.45) is 29.6 Å². The Morgan fingerprint density at radius 3 is 2.76 bits per heavy atom. The van der Waals surface area contributed by atoms with Gasteiger partial charge in [0.05, 0.1) is 36.4 Å². The van der Waals surface area contributed by atoms with E-state index in [9.17, 15) is 9.18 Å². The summed E-state index contributed by atoms with van der Waals surface area (Å²) >= 11 is 0. The Bertz CT molecular complexity index is 1530. The molecule has 11 heteroatoms. The van der Waals surface area contributed by atoms with Gasteiger partial charge >= 0.3 is 5.97 Å². The average molecular weight is 520 g/mol. The molecule has 4 aliphatic carbocycles. The van der Waals surface area contributed by atoms with Gasteiger partial charge in [0.2, 0.25) is 5.82 Å². The highest BCUT2D eigenvalue weighted by Crippen LogP contribution is 2.60. The first-order chi connectivity index (χ1) is 18.6. The molecule has 2 bridgehead atoms. The van der Waals surface area contributed by atoms with Crippen LogP contribution in [0.2, 0.25) is 0 Å². The second kappa shape index (κ2) is 9.00. The number of hydrogen-bond acceptors (Lipinski definition) is 8. The van der Waals surface area contributed by atoms with Gasteiger partial charge in [-0.15, -0.1) is 5.10 Å². The summed E-state index contributed by atoms with van der Waals surface area (Å²) in [6, 6.07) is 5.19. The Morgan fingerprint density at radius 1 is 1.18 bits per heavy atom. The predicted octanol–water partition coefficient (Wildman–Crippen LogP) is 3.98. The number of halogens is 1. The molecule has 0 amide bonds. The van der Waals surface area contributed by atoms with Gasteiger partial charge in [0.25, 0.3) is 0 Å². The number of anilines is 1. The normalized spacial score (nSPS) is 27.9. The molecule has 2 unspecified atom stereocenters. The van der Waals surface area contributed by atoms with Crippen molar-refractivity contribution in [2.45, 2.75) is 45.3 Å². The number of carbonyl (C=O) groups is 1. The van der Waals surface area contributed by atoms with Gasteiger partial charge in [-0.25, -0.2) is 18.9 Å². The predicted molar refractivity (Wildman–Crippen MR) is 137 cm³/mol. The van der Waals surface area contributed by atoms with Crippen LogP contribution in [0.4, 0.5) is 10.2 Å². The van der Waals surface area contributed by atoms with Crippen molar-refractivity contribution in [3.05, 3.63) is 35.9 Å². The van der Waals surface area contributed by atoms with Gasteiger partial charge in [0.15, 0.2) is 11.5 Å². The Labute approximate surface area is 218 Å². The standard InChI is InChI=1S/C27H30FN7O3/c1-3-38-27(36)21-17-7-8-18(16-6-5-15(16)17)22(21)30-25-20-9-4-14(12-37-2)35(20)34-26(31-25)23-19-10-13(28)11-29-24(19)33-32-23/h4,9-11,15-18,21-22H,3,5-8,12H2,1-2H3,(H,29,32,33)(H,30,31,34)/t15?,16?,17-,18+,21+,22+/m0/s1. The largest absolute Gasteiger partial charge is 0.466 e. The van der Waals surface area contributed by atoms with Gasteiger partial charge < -0.3 is 14.8 Å². The van der Waals surface area contributed by atoms with Gasteiger partial charge in [-0.2, -0.15) is 5.10 Å². The smallest absolute Gasteiger partial charge is 0.311 e. The number of hydrogen-bond donors (Lipinski definition) is 2. The highest BCUT2D eigenvalue weighted by Gasteiger charge is 2.59. The minimum absolute atomic E-state index is 0.0864. The highest BCUT2D eigenvalue weighted by atomic mass is 19.1. The molecule has 0 radical (unpaired) electrons. The maximum absolute atomic E-state index is 14.1. The first-order valence-corrected chi connectivity index (χ1v) is 13.4. The second-order valence-electron chi connectivity index (χ2n) is 10.7. The van der Waals surface area contributed by atoms with Crippen molar-refractivity contribution >= 4 is 28.3 Å². The number of rotatable bonds is 7. The monoisotopic (exact) mass is 519 g/mol. The fraction of sp³-hybridized carbons (Fsp3) is 0.519. The van der Waals surface area contributed by atoms with Crippen molar-refractivity contribution in [3.63, 3.8) is 0 Å². The van der Waals surface area contributed by atoms with E-state index in [1.165, 1.54) is 18.9 Å². The SMILES string of the molecule is CCOC(=O)[C@H]1[C@H](Nc2nc(-c3n[nH]c4ncc(F)cc34)nn3c(COC)ccc23)[C@@H]2CC[C@H]1C1CCC12. The maximum Gasteiger partial charge on any atom is 0.311 e. The summed E-state index contributed by atoms with van der Waals surface area (Å²) in [6.45, 7) is 2.58. The number of carbonyl (C=O) groups excluding carboxylic acids is 1. The number of aromatic amines is 1. The molecule has 38 heavy (non-hydrogen) atoms. The summed E-state index contributed by atoms with van der Waals surface area (Å²) in [7, 11) is 1.63. The Hall–Kier alpha value is -3.60. The molecule has 6 atom stereocenters. The van der Waals surface area contributed by atoms with Crippen LogP contribution in [-0.2, 0) is 20.9 Å². The zero-order valence-corrected chi connectivity index (χ0v) is 21.4. The molecule has 2 N–H and O–H groups in total. The van der Waals surface area contributed by atoms with Crippen LogP contribution in [0, 0.1) is 35.4 Å². The number of methoxy groups -OCH3 is 1. The first-order valence-electron chi connectivity index (χ1n) is 13.4. The minimum atomic E-state index is -0.467. The number of esters is 1. The lowest BCUT2D eigenvalue weighted by Gasteiger charge is -2.61. The Balaban J connectivity index is 1.35. The molecule has 0 spiro atoms. The van der Waals surface area contributed by atoms with Gasteiger partial charge in [0.1, 0.15) is 17.0 Å². The van der Waals surface area contributed by atoms with Crippen LogP contribution in [-0.4, -0.2) is 55.5 Å². The maximum atomic E-state index is 14.1. The van der Waals surface area contributed by atoms with Gasteiger partial charge in [0, 0.05) is 13.2 Å². The van der Waals surface area contributed by atoms with Crippen LogP contribution in [0.25, 0.3) is 28.1 Å². The molecule has 4 aromatic heterocycles. The van der Waals surface area contributed by atoms with Crippen LogP contribution in [0.5, 0.6) is 0 Å². The van der Waals surface area contributed by atoms with Crippen molar-refractivity contribution < 1.29 is 18.7 Å². The number of nitrogens with zero attached hydrogens (tertiary/aromatic N) is 5. The van der Waals surface area contributed by atoms with E-state index in [2.05, 4.69) is 20.5 Å². The van der Waals surface area contributed by atoms with Gasteiger partial charge in [-0.05, 0) is 74.5 Å². The van der Waals surface area contributed by atoms with Crippen molar-refractivity contribution in [1.29, 1.82) is 0 Å². The summed E-state index contributed by atoms with van der Waals surface area (Å²) in [4.78, 5) is 22.3. The van der Waals surface area contributed by atoms with E-state index in [-0.39, 0.29) is 17.9 Å². The second-order valence-corrected chi connectivity index (χ2v) is 10.7. The van der Waals surface area contributed by atoms with E-state index >= 15 is 0 Å². The van der Waals surface area contributed by atoms with E-state index in [1.807, 2.05) is 19.1 Å². The van der Waals surface area contributed by atoms with E-state index in [0.29, 0.717) is 65.3 Å². The zero-order chi connectivity index (χ0) is 26.0. The van der Waals surface area contributed by atoms with Crippen LogP contribution in [0.1, 0.15) is 38.3 Å². The topological polar surface area (TPSA) is 119 Å². The number of H-pyrrole nitrogens is 1. The molecule has 0 aliphatic heterocycles. The lowest BCUT2D eigenvalue weighted by Crippen LogP contribution is -2.62. The fourth-order valence-corrected chi connectivity index (χ4v) is 7.33. The van der Waals surface area contributed by atoms with Crippen molar-refractivity contribution in [1.82, 2.24) is 29.8 Å². The van der Waals surface area contributed by atoms with Gasteiger partial charge in [-0.1, -0.05) is 0 Å². The average Bonchev–Trinajstić information content (AvgIpc) is 3.48. The zero-order valence-electron chi connectivity index (χ0n) is 21.4. The molecule has 10 nitrogen and oxygen atoms in total.